The second-order valence-electron chi connectivity index (χ2n) is 1.90. The van der Waals surface area contributed by atoms with Crippen LogP contribution in [0.15, 0.2) is 6.20 Å². The lowest BCUT2D eigenvalue weighted by Crippen LogP contribution is -1.96. The van der Waals surface area contributed by atoms with Gasteiger partial charge in [0.25, 0.3) is 0 Å². The monoisotopic (exact) mass is 250 g/mol. The molecule has 1 rings (SSSR count). The van der Waals surface area contributed by atoms with E-state index in [0.717, 1.165) is 9.39 Å². The van der Waals surface area contributed by atoms with Gasteiger partial charge in [0, 0.05) is 0 Å². The Bertz CT molecular complexity index is 239. The van der Waals surface area contributed by atoms with Gasteiger partial charge in [-0.15, -0.1) is 0 Å². The highest BCUT2D eigenvalue weighted by Gasteiger charge is 1.97. The molecule has 0 aliphatic carbocycles. The number of halogens is 1. The van der Waals surface area contributed by atoms with Gasteiger partial charge < -0.3 is 5.11 Å². The number of aliphatic hydroxyl groups is 1. The van der Waals surface area contributed by atoms with Crippen LogP contribution in [0.25, 0.3) is 0 Å². The maximum atomic E-state index is 8.65. The number of hydrogen-bond acceptors (Lipinski definition) is 3. The largest absolute Gasteiger partial charge is 0.390 e. The standard InChI is InChI=1S/C6H7IN2O/c1-4-6(7)8-2-5(3-10)9-4/h2,10H,3H2,1H3. The minimum atomic E-state index is -0.0369. The van der Waals surface area contributed by atoms with E-state index in [1.807, 2.05) is 6.92 Å². The summed E-state index contributed by atoms with van der Waals surface area (Å²) in [5.74, 6) is 0. The normalized spacial score (nSPS) is 9.90. The maximum Gasteiger partial charge on any atom is 0.122 e. The van der Waals surface area contributed by atoms with Crippen molar-refractivity contribution in [3.8, 4) is 0 Å². The third-order valence-electron chi connectivity index (χ3n) is 1.10. The van der Waals surface area contributed by atoms with Crippen molar-refractivity contribution in [2.45, 2.75) is 13.5 Å². The fourth-order valence-electron chi connectivity index (χ4n) is 0.591. The van der Waals surface area contributed by atoms with Crippen LogP contribution >= 0.6 is 22.6 Å². The lowest BCUT2D eigenvalue weighted by molar-refractivity contribution is 0.276. The molecule has 0 spiro atoms. The lowest BCUT2D eigenvalue weighted by Gasteiger charge is -1.97. The molecule has 1 aromatic heterocycles. The molecule has 54 valence electrons. The molecule has 10 heavy (non-hydrogen) atoms. The Morgan fingerprint density at radius 1 is 1.70 bits per heavy atom. The maximum absolute atomic E-state index is 8.65. The van der Waals surface area contributed by atoms with Crippen molar-refractivity contribution >= 4 is 22.6 Å². The number of hydrogen-bond donors (Lipinski definition) is 1. The smallest absolute Gasteiger partial charge is 0.122 e. The summed E-state index contributed by atoms with van der Waals surface area (Å²) in [6.07, 6.45) is 1.58. The van der Waals surface area contributed by atoms with E-state index in [4.69, 9.17) is 5.11 Å². The van der Waals surface area contributed by atoms with E-state index in [1.54, 1.807) is 6.20 Å². The molecule has 1 heterocycles. The van der Waals surface area contributed by atoms with E-state index in [9.17, 15) is 0 Å². The van der Waals surface area contributed by atoms with Crippen LogP contribution in [-0.2, 0) is 6.61 Å². The third kappa shape index (κ3) is 1.63. The van der Waals surface area contributed by atoms with Crippen LogP contribution in [0.4, 0.5) is 0 Å². The molecule has 1 aromatic rings. The molecule has 1 N–H and O–H groups in total. The van der Waals surface area contributed by atoms with Crippen LogP contribution in [0.5, 0.6) is 0 Å². The van der Waals surface area contributed by atoms with Gasteiger partial charge in [-0.2, -0.15) is 0 Å². The van der Waals surface area contributed by atoms with Gasteiger partial charge in [-0.25, -0.2) is 4.98 Å². The van der Waals surface area contributed by atoms with E-state index in [0.29, 0.717) is 5.69 Å². The first-order valence-electron chi connectivity index (χ1n) is 2.83. The van der Waals surface area contributed by atoms with E-state index in [-0.39, 0.29) is 6.61 Å². The molecular weight excluding hydrogens is 243 g/mol. The molecule has 3 nitrogen and oxygen atoms in total. The van der Waals surface area contributed by atoms with Crippen LogP contribution in [0.1, 0.15) is 11.4 Å². The number of nitrogens with zero attached hydrogens (tertiary/aromatic N) is 2. The van der Waals surface area contributed by atoms with Crippen LogP contribution in [0.3, 0.4) is 0 Å². The summed E-state index contributed by atoms with van der Waals surface area (Å²) in [6.45, 7) is 1.83. The van der Waals surface area contributed by atoms with Gasteiger partial charge in [0.05, 0.1) is 24.2 Å². The van der Waals surface area contributed by atoms with Crippen LogP contribution in [0, 0.1) is 10.6 Å². The van der Waals surface area contributed by atoms with Gasteiger partial charge in [-0.05, 0) is 29.5 Å². The molecule has 0 saturated carbocycles. The van der Waals surface area contributed by atoms with E-state index >= 15 is 0 Å². The Balaban J connectivity index is 3.04. The molecule has 0 bridgehead atoms. The molecule has 0 amide bonds. The van der Waals surface area contributed by atoms with Gasteiger partial charge >= 0.3 is 0 Å². The first-order valence-corrected chi connectivity index (χ1v) is 3.91. The molecule has 0 unspecified atom stereocenters. The first kappa shape index (κ1) is 7.87. The van der Waals surface area contributed by atoms with Crippen molar-refractivity contribution in [2.24, 2.45) is 0 Å². The number of aliphatic hydroxyl groups excluding tert-OH is 1. The van der Waals surface area contributed by atoms with Crippen molar-refractivity contribution < 1.29 is 5.11 Å². The predicted octanol–water partition coefficient (Wildman–Crippen LogP) is 0.882. The summed E-state index contributed by atoms with van der Waals surface area (Å²) < 4.78 is 0.884. The quantitative estimate of drug-likeness (QED) is 0.752. The molecule has 0 aromatic carbocycles. The summed E-state index contributed by atoms with van der Waals surface area (Å²) in [7, 11) is 0. The zero-order chi connectivity index (χ0) is 7.56. The number of rotatable bonds is 1. The molecule has 0 atom stereocenters. The fraction of sp³-hybridized carbons (Fsp3) is 0.333. The first-order chi connectivity index (χ1) is 4.74. The van der Waals surface area contributed by atoms with Crippen molar-refractivity contribution in [2.75, 3.05) is 0 Å². The highest BCUT2D eigenvalue weighted by molar-refractivity contribution is 14.1. The molecule has 4 heteroatoms. The summed E-state index contributed by atoms with van der Waals surface area (Å²) in [4.78, 5) is 8.08. The molecule has 0 fully saturated rings. The van der Waals surface area contributed by atoms with E-state index in [1.165, 1.54) is 0 Å². The topological polar surface area (TPSA) is 46.0 Å². The minimum absolute atomic E-state index is 0.0369. The Labute approximate surface area is 72.7 Å². The highest BCUT2D eigenvalue weighted by atomic mass is 127. The second-order valence-corrected chi connectivity index (χ2v) is 2.92. The van der Waals surface area contributed by atoms with Crippen molar-refractivity contribution in [1.29, 1.82) is 0 Å². The van der Waals surface area contributed by atoms with Crippen LogP contribution in [0.2, 0.25) is 0 Å². The zero-order valence-electron chi connectivity index (χ0n) is 5.50. The van der Waals surface area contributed by atoms with Crippen LogP contribution < -0.4 is 0 Å². The molecule has 0 aliphatic heterocycles. The minimum Gasteiger partial charge on any atom is -0.390 e. The fourth-order valence-corrected chi connectivity index (χ4v) is 0.851. The number of aromatic nitrogens is 2. The zero-order valence-corrected chi connectivity index (χ0v) is 7.66. The van der Waals surface area contributed by atoms with Gasteiger partial charge in [0.2, 0.25) is 0 Å². The van der Waals surface area contributed by atoms with Gasteiger partial charge in [-0.3, -0.25) is 4.98 Å². The van der Waals surface area contributed by atoms with Crippen molar-refractivity contribution in [3.63, 3.8) is 0 Å². The Kier molecular flexibility index (Phi) is 2.56. The third-order valence-corrected chi connectivity index (χ3v) is 2.16. The summed E-state index contributed by atoms with van der Waals surface area (Å²) in [5, 5.41) is 8.65. The average molecular weight is 250 g/mol. The Hall–Kier alpha value is -0.230. The SMILES string of the molecule is Cc1nc(CO)cnc1I. The molecular formula is C6H7IN2O. The van der Waals surface area contributed by atoms with Crippen LogP contribution in [-0.4, -0.2) is 15.1 Å². The van der Waals surface area contributed by atoms with Crippen molar-refractivity contribution in [3.05, 3.63) is 21.3 Å². The summed E-state index contributed by atoms with van der Waals surface area (Å²) >= 11 is 2.10. The Morgan fingerprint density at radius 2 is 2.40 bits per heavy atom. The predicted molar refractivity (Wildman–Crippen MR) is 45.4 cm³/mol. The number of aryl methyl sites for hydroxylation is 1. The molecule has 0 saturated heterocycles. The summed E-state index contributed by atoms with van der Waals surface area (Å²) in [5.41, 5.74) is 1.49. The van der Waals surface area contributed by atoms with Gasteiger partial charge in [0.1, 0.15) is 3.70 Å². The summed E-state index contributed by atoms with van der Waals surface area (Å²) in [6, 6.07) is 0. The van der Waals surface area contributed by atoms with Gasteiger partial charge in [0.15, 0.2) is 0 Å². The highest BCUT2D eigenvalue weighted by Crippen LogP contribution is 2.04. The molecule has 0 aliphatic rings. The lowest BCUT2D eigenvalue weighted by atomic mass is 10.4. The van der Waals surface area contributed by atoms with E-state index < -0.39 is 0 Å². The molecule has 0 radical (unpaired) electrons. The second kappa shape index (κ2) is 3.25. The average Bonchev–Trinajstić information content (AvgIpc) is 1.95. The van der Waals surface area contributed by atoms with E-state index in [2.05, 4.69) is 32.6 Å². The van der Waals surface area contributed by atoms with Gasteiger partial charge in [-0.1, -0.05) is 0 Å². The Morgan fingerprint density at radius 3 is 2.90 bits per heavy atom. The van der Waals surface area contributed by atoms with Crippen molar-refractivity contribution in [1.82, 2.24) is 9.97 Å².